The highest BCUT2D eigenvalue weighted by Crippen LogP contribution is 2.18. The Balaban J connectivity index is 2.69. The molecule has 1 rings (SSSR count). The molecule has 1 atom stereocenters. The smallest absolute Gasteiger partial charge is 0.148 e. The molecule has 17 heavy (non-hydrogen) atoms. The van der Waals surface area contributed by atoms with Gasteiger partial charge in [0.2, 0.25) is 0 Å². The summed E-state index contributed by atoms with van der Waals surface area (Å²) in [4.78, 5) is 8.10. The Morgan fingerprint density at radius 2 is 2.12 bits per heavy atom. The molecule has 0 saturated heterocycles. The zero-order valence-corrected chi connectivity index (χ0v) is 11.1. The summed E-state index contributed by atoms with van der Waals surface area (Å²) in [5.41, 5.74) is 2.56. The van der Waals surface area contributed by atoms with Crippen LogP contribution in [0, 0.1) is 6.92 Å². The maximum Gasteiger partial charge on any atom is 0.148 e. The van der Waals surface area contributed by atoms with Crippen molar-refractivity contribution in [2.75, 3.05) is 29.3 Å². The predicted molar refractivity (Wildman–Crippen MR) is 72.1 cm³/mol. The normalized spacial score (nSPS) is 14.2. The first-order valence-corrected chi connectivity index (χ1v) is 6.63. The number of hydrogen-bond acceptors (Lipinski definition) is 7. The van der Waals surface area contributed by atoms with Gasteiger partial charge in [-0.2, -0.15) is 11.8 Å². The number of nitrogens with zero attached hydrogens (tertiary/aromatic N) is 2. The van der Waals surface area contributed by atoms with Gasteiger partial charge in [-0.25, -0.2) is 15.8 Å². The number of hydrazine groups is 1. The van der Waals surface area contributed by atoms with Crippen LogP contribution < -0.4 is 16.6 Å². The van der Waals surface area contributed by atoms with Crippen molar-refractivity contribution in [1.82, 2.24) is 9.97 Å². The van der Waals surface area contributed by atoms with Gasteiger partial charge in [-0.05, 0) is 20.1 Å². The summed E-state index contributed by atoms with van der Waals surface area (Å²) in [5, 5.41) is 13.1. The monoisotopic (exact) mass is 257 g/mol. The van der Waals surface area contributed by atoms with E-state index in [1.165, 1.54) is 6.33 Å². The molecule has 0 saturated carbocycles. The van der Waals surface area contributed by atoms with E-state index >= 15 is 0 Å². The number of thioether (sulfide) groups is 1. The lowest BCUT2D eigenvalue weighted by molar-refractivity contribution is 0.0996. The summed E-state index contributed by atoms with van der Waals surface area (Å²) < 4.78 is 0. The van der Waals surface area contributed by atoms with Crippen LogP contribution in [0.25, 0.3) is 0 Å². The molecule has 0 aliphatic rings. The van der Waals surface area contributed by atoms with Crippen LogP contribution in [0.3, 0.4) is 0 Å². The van der Waals surface area contributed by atoms with Gasteiger partial charge in [0.05, 0.1) is 5.60 Å². The average Bonchev–Trinajstić information content (AvgIpc) is 2.28. The molecular weight excluding hydrogens is 238 g/mol. The van der Waals surface area contributed by atoms with Crippen molar-refractivity contribution in [2.45, 2.75) is 19.4 Å². The van der Waals surface area contributed by atoms with E-state index in [0.29, 0.717) is 23.9 Å². The average molecular weight is 257 g/mol. The molecule has 0 spiro atoms. The lowest BCUT2D eigenvalue weighted by atomic mass is 10.1. The topological polar surface area (TPSA) is 96.1 Å². The van der Waals surface area contributed by atoms with Crippen molar-refractivity contribution < 1.29 is 5.11 Å². The molecule has 7 heteroatoms. The van der Waals surface area contributed by atoms with Crippen LogP contribution >= 0.6 is 11.8 Å². The highest BCUT2D eigenvalue weighted by molar-refractivity contribution is 7.98. The van der Waals surface area contributed by atoms with Crippen LogP contribution in [0.4, 0.5) is 11.6 Å². The largest absolute Gasteiger partial charge is 0.387 e. The summed E-state index contributed by atoms with van der Waals surface area (Å²) in [7, 11) is 0. The fourth-order valence-electron chi connectivity index (χ4n) is 1.41. The highest BCUT2D eigenvalue weighted by Gasteiger charge is 2.20. The molecule has 96 valence electrons. The molecule has 0 amide bonds. The summed E-state index contributed by atoms with van der Waals surface area (Å²) in [6.45, 7) is 4.08. The quantitative estimate of drug-likeness (QED) is 0.437. The minimum atomic E-state index is -0.771. The SMILES string of the molecule is CSCC(C)(O)CNc1ncnc(NN)c1C. The third kappa shape index (κ3) is 4.03. The molecule has 0 aliphatic carbocycles. The molecule has 0 fully saturated rings. The number of aromatic nitrogens is 2. The summed E-state index contributed by atoms with van der Waals surface area (Å²) in [5.74, 6) is 7.24. The minimum Gasteiger partial charge on any atom is -0.387 e. The molecule has 1 unspecified atom stereocenters. The summed E-state index contributed by atoms with van der Waals surface area (Å²) in [6, 6.07) is 0. The van der Waals surface area contributed by atoms with Crippen molar-refractivity contribution in [2.24, 2.45) is 5.84 Å². The molecular formula is C10H19N5OS. The van der Waals surface area contributed by atoms with Crippen LogP contribution in [0.15, 0.2) is 6.33 Å². The molecule has 5 N–H and O–H groups in total. The second-order valence-corrected chi connectivity index (χ2v) is 4.99. The molecule has 6 nitrogen and oxygen atoms in total. The molecule has 0 aliphatic heterocycles. The van der Waals surface area contributed by atoms with Gasteiger partial charge in [-0.3, -0.25) is 0 Å². The summed E-state index contributed by atoms with van der Waals surface area (Å²) in [6.07, 6.45) is 3.38. The van der Waals surface area contributed by atoms with Gasteiger partial charge >= 0.3 is 0 Å². The van der Waals surface area contributed by atoms with Crippen LogP contribution in [0.5, 0.6) is 0 Å². The van der Waals surface area contributed by atoms with Crippen LogP contribution in [-0.4, -0.2) is 39.2 Å². The van der Waals surface area contributed by atoms with Crippen LogP contribution in [-0.2, 0) is 0 Å². The third-order valence-electron chi connectivity index (χ3n) is 2.31. The molecule has 0 bridgehead atoms. The number of rotatable bonds is 6. The maximum absolute atomic E-state index is 10.0. The van der Waals surface area contributed by atoms with Gasteiger partial charge in [-0.1, -0.05) is 0 Å². The Labute approximate surface area is 105 Å². The highest BCUT2D eigenvalue weighted by atomic mass is 32.2. The van der Waals surface area contributed by atoms with E-state index in [4.69, 9.17) is 5.84 Å². The van der Waals surface area contributed by atoms with Crippen molar-refractivity contribution in [1.29, 1.82) is 0 Å². The van der Waals surface area contributed by atoms with Gasteiger partial charge in [-0.15, -0.1) is 0 Å². The second-order valence-electron chi connectivity index (χ2n) is 4.12. The second kappa shape index (κ2) is 6.04. The fourth-order valence-corrected chi connectivity index (χ4v) is 2.13. The van der Waals surface area contributed by atoms with E-state index in [9.17, 15) is 5.11 Å². The van der Waals surface area contributed by atoms with Gasteiger partial charge in [0.15, 0.2) is 0 Å². The van der Waals surface area contributed by atoms with E-state index in [1.807, 2.05) is 13.2 Å². The summed E-state index contributed by atoms with van der Waals surface area (Å²) >= 11 is 1.60. The third-order valence-corrected chi connectivity index (χ3v) is 3.22. The number of nitrogen functional groups attached to an aromatic ring is 1. The maximum atomic E-state index is 10.0. The lowest BCUT2D eigenvalue weighted by Crippen LogP contribution is -2.36. The van der Waals surface area contributed by atoms with E-state index in [0.717, 1.165) is 5.56 Å². The Kier molecular flexibility index (Phi) is 4.98. The minimum absolute atomic E-state index is 0.426. The van der Waals surface area contributed by atoms with Crippen LogP contribution in [0.1, 0.15) is 12.5 Å². The lowest BCUT2D eigenvalue weighted by Gasteiger charge is -2.23. The molecule has 0 radical (unpaired) electrons. The van der Waals surface area contributed by atoms with Crippen LogP contribution in [0.2, 0.25) is 0 Å². The van der Waals surface area contributed by atoms with E-state index in [-0.39, 0.29) is 0 Å². The number of hydrogen-bond donors (Lipinski definition) is 4. The van der Waals surface area contributed by atoms with Gasteiger partial charge in [0.1, 0.15) is 18.0 Å². The number of aliphatic hydroxyl groups is 1. The van der Waals surface area contributed by atoms with Crippen molar-refractivity contribution >= 4 is 23.4 Å². The van der Waals surface area contributed by atoms with Crippen molar-refractivity contribution in [3.63, 3.8) is 0 Å². The number of anilines is 2. The number of nitrogens with one attached hydrogen (secondary N) is 2. The van der Waals surface area contributed by atoms with E-state index in [2.05, 4.69) is 20.7 Å². The molecule has 0 aromatic carbocycles. The molecule has 1 aromatic heterocycles. The van der Waals surface area contributed by atoms with Crippen molar-refractivity contribution in [3.8, 4) is 0 Å². The molecule has 1 aromatic rings. The first-order chi connectivity index (χ1) is 8.00. The van der Waals surface area contributed by atoms with Gasteiger partial charge in [0, 0.05) is 17.9 Å². The first kappa shape index (κ1) is 14.0. The zero-order valence-electron chi connectivity index (χ0n) is 10.3. The Morgan fingerprint density at radius 3 is 2.71 bits per heavy atom. The first-order valence-electron chi connectivity index (χ1n) is 5.23. The predicted octanol–water partition coefficient (Wildman–Crippen LogP) is 0.597. The standard InChI is InChI=1S/C10H19N5OS/c1-7-8(13-6-14-9(7)15-11)12-4-10(2,16)5-17-3/h6,16H,4-5,11H2,1-3H3,(H2,12,13,14,15). The van der Waals surface area contributed by atoms with Gasteiger partial charge < -0.3 is 15.8 Å². The van der Waals surface area contributed by atoms with Gasteiger partial charge in [0.25, 0.3) is 0 Å². The van der Waals surface area contributed by atoms with E-state index < -0.39 is 5.60 Å². The fraction of sp³-hybridized carbons (Fsp3) is 0.600. The van der Waals surface area contributed by atoms with E-state index in [1.54, 1.807) is 18.7 Å². The molecule has 1 heterocycles. The Hall–Kier alpha value is -1.05. The Bertz CT molecular complexity index is 372. The Morgan fingerprint density at radius 1 is 1.47 bits per heavy atom. The number of nitrogens with two attached hydrogens (primary N) is 1. The van der Waals surface area contributed by atoms with Crippen molar-refractivity contribution in [3.05, 3.63) is 11.9 Å². The zero-order chi connectivity index (χ0) is 12.9.